The Morgan fingerprint density at radius 1 is 0.567 bits per heavy atom. The number of nitrogens with two attached hydrogens (primary N) is 1. The molecule has 0 saturated carbocycles. The van der Waals surface area contributed by atoms with Crippen LogP contribution in [0.1, 0.15) is 20.7 Å². The van der Waals surface area contributed by atoms with Gasteiger partial charge in [-0.05, 0) is 28.3 Å². The minimum Gasteiger partial charge on any atom is -0.399 e. The van der Waals surface area contributed by atoms with Crippen molar-refractivity contribution in [2.24, 2.45) is 0 Å². The van der Waals surface area contributed by atoms with Crippen LogP contribution in [0.5, 0.6) is 0 Å². The number of hydrogen-bond donors (Lipinski definition) is 1. The van der Waals surface area contributed by atoms with E-state index in [0.717, 1.165) is 53.3 Å². The van der Waals surface area contributed by atoms with E-state index in [9.17, 15) is 9.59 Å². The van der Waals surface area contributed by atoms with Crippen LogP contribution in [0.15, 0.2) is 91.0 Å². The van der Waals surface area contributed by atoms with Gasteiger partial charge in [0.05, 0.1) is 0 Å². The van der Waals surface area contributed by atoms with E-state index in [-0.39, 0.29) is 0 Å². The molecular weight excluding hydrogens is 369 g/mol. The molecule has 30 heavy (non-hydrogen) atoms. The van der Waals surface area contributed by atoms with Crippen molar-refractivity contribution < 1.29 is 9.59 Å². The summed E-state index contributed by atoms with van der Waals surface area (Å²) < 4.78 is 0. The fourth-order valence-electron chi connectivity index (χ4n) is 3.48. The number of benzene rings is 4. The van der Waals surface area contributed by atoms with Gasteiger partial charge in [0.1, 0.15) is 12.6 Å². The van der Waals surface area contributed by atoms with Crippen LogP contribution in [0.4, 0.5) is 5.69 Å². The molecule has 4 aromatic carbocycles. The predicted molar refractivity (Wildman–Crippen MR) is 125 cm³/mol. The lowest BCUT2D eigenvalue weighted by Gasteiger charge is -2.09. The van der Waals surface area contributed by atoms with Crippen LogP contribution in [0.2, 0.25) is 0 Å². The summed E-state index contributed by atoms with van der Waals surface area (Å²) in [6.45, 7) is 0. The molecule has 2 N–H and O–H groups in total. The average molecular weight is 389 g/mol. The third-order valence-corrected chi connectivity index (χ3v) is 5.25. The normalized spacial score (nSPS) is 10.4. The minimum atomic E-state index is 0.659. The number of hydrogen-bond acceptors (Lipinski definition) is 3. The monoisotopic (exact) mass is 389 g/mol. The van der Waals surface area contributed by atoms with Crippen LogP contribution in [-0.2, 0) is 0 Å². The van der Waals surface area contributed by atoms with Gasteiger partial charge in [-0.3, -0.25) is 9.59 Å². The summed E-state index contributed by atoms with van der Waals surface area (Å²) in [5.41, 5.74) is 14.9. The number of anilines is 1. The number of carbonyl (C=O) groups excluding carboxylic acids is 2. The number of rotatable bonds is 6. The fraction of sp³-hybridized carbons (Fsp3) is 0. The van der Waals surface area contributed by atoms with Gasteiger partial charge in [0.15, 0.2) is 7.28 Å². The maximum atomic E-state index is 10.8. The molecule has 0 fully saturated rings. The summed E-state index contributed by atoms with van der Waals surface area (Å²) in [5.74, 6) is 0. The fourth-order valence-corrected chi connectivity index (χ4v) is 3.48. The molecule has 0 aliphatic rings. The molecule has 3 nitrogen and oxygen atoms in total. The molecule has 144 valence electrons. The molecule has 0 spiro atoms. The SMILES string of the molecule is Nc1cc(-c2ccc(C=O)cc2)ccc1Bc1ccc(-c2ccc(C=O)cc2)cc1. The van der Waals surface area contributed by atoms with Crippen molar-refractivity contribution in [2.45, 2.75) is 0 Å². The summed E-state index contributed by atoms with van der Waals surface area (Å²) in [4.78, 5) is 21.6. The van der Waals surface area contributed by atoms with E-state index in [1.165, 1.54) is 5.46 Å². The molecule has 0 unspecified atom stereocenters. The molecule has 4 aromatic rings. The van der Waals surface area contributed by atoms with Crippen molar-refractivity contribution >= 4 is 36.5 Å². The highest BCUT2D eigenvalue weighted by Gasteiger charge is 2.07. The standard InChI is InChI=1S/C26H20BNO2/c28-26-15-23(22-7-3-19(17-30)4-8-22)11-14-25(26)27-24-12-9-21(10-13-24)20-5-1-18(16-29)2-6-20/h1-17,27H,28H2. The first-order chi connectivity index (χ1) is 14.7. The average Bonchev–Trinajstić information content (AvgIpc) is 2.81. The van der Waals surface area contributed by atoms with E-state index in [1.807, 2.05) is 42.5 Å². The molecule has 0 aliphatic heterocycles. The second-order valence-electron chi connectivity index (χ2n) is 7.27. The van der Waals surface area contributed by atoms with Gasteiger partial charge in [-0.2, -0.15) is 0 Å². The Bertz CT molecular complexity index is 1180. The molecule has 0 aromatic heterocycles. The zero-order valence-electron chi connectivity index (χ0n) is 16.4. The van der Waals surface area contributed by atoms with Gasteiger partial charge in [0, 0.05) is 16.8 Å². The maximum Gasteiger partial charge on any atom is 0.194 e. The number of aldehydes is 2. The van der Waals surface area contributed by atoms with Gasteiger partial charge in [-0.15, -0.1) is 0 Å². The molecule has 0 saturated heterocycles. The van der Waals surface area contributed by atoms with Crippen molar-refractivity contribution in [3.05, 3.63) is 102 Å². The van der Waals surface area contributed by atoms with E-state index in [0.29, 0.717) is 11.1 Å². The molecule has 0 heterocycles. The molecule has 0 bridgehead atoms. The lowest BCUT2D eigenvalue weighted by atomic mass is 9.63. The Hall–Kier alpha value is -3.92. The van der Waals surface area contributed by atoms with Gasteiger partial charge < -0.3 is 5.73 Å². The second kappa shape index (κ2) is 8.62. The van der Waals surface area contributed by atoms with E-state index in [4.69, 9.17) is 5.73 Å². The zero-order chi connectivity index (χ0) is 20.9. The third kappa shape index (κ3) is 4.23. The van der Waals surface area contributed by atoms with Crippen LogP contribution in [-0.4, -0.2) is 19.9 Å². The lowest BCUT2D eigenvalue weighted by Crippen LogP contribution is -2.29. The smallest absolute Gasteiger partial charge is 0.194 e. The van der Waals surface area contributed by atoms with Gasteiger partial charge in [0.25, 0.3) is 0 Å². The first kappa shape index (κ1) is 19.4. The van der Waals surface area contributed by atoms with Crippen LogP contribution in [0, 0.1) is 0 Å². The van der Waals surface area contributed by atoms with Gasteiger partial charge in [0.2, 0.25) is 0 Å². The largest absolute Gasteiger partial charge is 0.399 e. The summed E-state index contributed by atoms with van der Waals surface area (Å²) >= 11 is 0. The summed E-state index contributed by atoms with van der Waals surface area (Å²) in [6.07, 6.45) is 1.69. The van der Waals surface area contributed by atoms with Crippen LogP contribution in [0.25, 0.3) is 22.3 Å². The number of carbonyl (C=O) groups is 2. The Morgan fingerprint density at radius 2 is 1.00 bits per heavy atom. The minimum absolute atomic E-state index is 0.659. The Kier molecular flexibility index (Phi) is 5.58. The number of nitrogen functional groups attached to an aromatic ring is 1. The van der Waals surface area contributed by atoms with Crippen molar-refractivity contribution in [1.82, 2.24) is 0 Å². The molecule has 0 aliphatic carbocycles. The summed E-state index contributed by atoms with van der Waals surface area (Å²) in [7, 11) is 0.751. The van der Waals surface area contributed by atoms with Gasteiger partial charge in [-0.25, -0.2) is 0 Å². The first-order valence-corrected chi connectivity index (χ1v) is 9.75. The van der Waals surface area contributed by atoms with Gasteiger partial charge >= 0.3 is 0 Å². The van der Waals surface area contributed by atoms with Crippen molar-refractivity contribution in [2.75, 3.05) is 5.73 Å². The molecule has 0 atom stereocenters. The second-order valence-corrected chi connectivity index (χ2v) is 7.27. The van der Waals surface area contributed by atoms with E-state index < -0.39 is 0 Å². The van der Waals surface area contributed by atoms with Crippen LogP contribution in [0.3, 0.4) is 0 Å². The van der Waals surface area contributed by atoms with Crippen LogP contribution >= 0.6 is 0 Å². The molecular formula is C26H20BNO2. The highest BCUT2D eigenvalue weighted by molar-refractivity contribution is 6.68. The quantitative estimate of drug-likeness (QED) is 0.311. The summed E-state index contributed by atoms with van der Waals surface area (Å²) in [6, 6.07) is 29.5. The maximum absolute atomic E-state index is 10.8. The van der Waals surface area contributed by atoms with Gasteiger partial charge in [-0.1, -0.05) is 95.9 Å². The third-order valence-electron chi connectivity index (χ3n) is 5.25. The topological polar surface area (TPSA) is 60.2 Å². The lowest BCUT2D eigenvalue weighted by molar-refractivity contribution is 0.111. The molecule has 4 rings (SSSR count). The molecule has 0 radical (unpaired) electrons. The Balaban J connectivity index is 1.50. The highest BCUT2D eigenvalue weighted by atomic mass is 16.1. The molecule has 4 heteroatoms. The Morgan fingerprint density at radius 3 is 1.47 bits per heavy atom. The highest BCUT2D eigenvalue weighted by Crippen LogP contribution is 2.21. The Labute approximate surface area is 176 Å². The van der Waals surface area contributed by atoms with Crippen molar-refractivity contribution in [3.8, 4) is 22.3 Å². The first-order valence-electron chi connectivity index (χ1n) is 9.75. The van der Waals surface area contributed by atoms with E-state index in [2.05, 4.69) is 36.4 Å². The predicted octanol–water partition coefficient (Wildman–Crippen LogP) is 3.62. The van der Waals surface area contributed by atoms with Crippen molar-refractivity contribution in [3.63, 3.8) is 0 Å². The van der Waals surface area contributed by atoms with E-state index >= 15 is 0 Å². The van der Waals surface area contributed by atoms with Crippen LogP contribution < -0.4 is 16.7 Å². The molecule has 0 amide bonds. The van der Waals surface area contributed by atoms with E-state index in [1.54, 1.807) is 12.1 Å². The summed E-state index contributed by atoms with van der Waals surface area (Å²) in [5, 5.41) is 0. The van der Waals surface area contributed by atoms with Crippen molar-refractivity contribution in [1.29, 1.82) is 0 Å². The zero-order valence-corrected chi connectivity index (χ0v) is 16.4.